The second kappa shape index (κ2) is 8.19. The largest absolute Gasteiger partial charge is 0.394 e. The summed E-state index contributed by atoms with van der Waals surface area (Å²) < 4.78 is 0. The van der Waals surface area contributed by atoms with Crippen LogP contribution in [0.2, 0.25) is 0 Å². The predicted molar refractivity (Wildman–Crippen MR) is 137 cm³/mol. The number of hydrogen-bond acceptors (Lipinski definition) is 3. The molecule has 0 saturated carbocycles. The fraction of sp³-hybridized carbons (Fsp3) is 0.607. The van der Waals surface area contributed by atoms with E-state index < -0.39 is 0 Å². The van der Waals surface area contributed by atoms with Crippen molar-refractivity contribution in [1.82, 2.24) is 10.3 Å². The normalized spacial score (nSPS) is 30.1. The summed E-state index contributed by atoms with van der Waals surface area (Å²) in [7, 11) is 2.05. The Balaban J connectivity index is 2.11. The molecule has 3 N–H and O–H groups in total. The lowest BCUT2D eigenvalue weighted by Gasteiger charge is -2.47. The lowest BCUT2D eigenvalue weighted by molar-refractivity contribution is -0.124. The van der Waals surface area contributed by atoms with Crippen LogP contribution in [0.4, 0.5) is 5.69 Å². The summed E-state index contributed by atoms with van der Waals surface area (Å²) in [5.74, 6) is 0.583. The zero-order valence-corrected chi connectivity index (χ0v) is 21.4. The number of amides is 1. The van der Waals surface area contributed by atoms with Crippen molar-refractivity contribution < 1.29 is 9.90 Å². The number of hydrogen-bond donors (Lipinski definition) is 3. The van der Waals surface area contributed by atoms with Gasteiger partial charge in [0.2, 0.25) is 5.91 Å². The van der Waals surface area contributed by atoms with Crippen molar-refractivity contribution in [2.75, 3.05) is 18.6 Å². The average Bonchev–Trinajstić information content (AvgIpc) is 3.18. The summed E-state index contributed by atoms with van der Waals surface area (Å²) in [6.45, 7) is 17.7. The van der Waals surface area contributed by atoms with Crippen LogP contribution in [0.15, 0.2) is 24.9 Å². The fourth-order valence-electron chi connectivity index (χ4n) is 6.22. The number of carbonyl (C=O) groups excluding carboxylic acids is 1. The first kappa shape index (κ1) is 23.9. The number of aromatic amines is 1. The van der Waals surface area contributed by atoms with E-state index in [4.69, 9.17) is 0 Å². The van der Waals surface area contributed by atoms with Crippen LogP contribution >= 0.6 is 0 Å². The Morgan fingerprint density at radius 1 is 1.27 bits per heavy atom. The Morgan fingerprint density at radius 3 is 2.55 bits per heavy atom. The second-order valence-electron chi connectivity index (χ2n) is 11.5. The Kier molecular flexibility index (Phi) is 5.93. The van der Waals surface area contributed by atoms with Gasteiger partial charge in [0.1, 0.15) is 6.04 Å². The van der Waals surface area contributed by atoms with Crippen molar-refractivity contribution in [3.63, 3.8) is 0 Å². The quantitative estimate of drug-likeness (QED) is 0.584. The monoisotopic (exact) mass is 451 g/mol. The van der Waals surface area contributed by atoms with Gasteiger partial charge in [0.05, 0.1) is 18.2 Å². The first-order valence-electron chi connectivity index (χ1n) is 12.4. The molecule has 0 saturated heterocycles. The third kappa shape index (κ3) is 3.51. The van der Waals surface area contributed by atoms with Gasteiger partial charge in [-0.1, -0.05) is 47.6 Å². The molecule has 1 aliphatic carbocycles. The molecule has 2 heterocycles. The highest BCUT2D eigenvalue weighted by Crippen LogP contribution is 2.54. The van der Waals surface area contributed by atoms with Gasteiger partial charge in [-0.05, 0) is 59.3 Å². The highest BCUT2D eigenvalue weighted by molar-refractivity contribution is 6.01. The van der Waals surface area contributed by atoms with Crippen molar-refractivity contribution in [2.24, 2.45) is 11.8 Å². The number of nitrogens with one attached hydrogen (secondary N) is 2. The van der Waals surface area contributed by atoms with Crippen molar-refractivity contribution >= 4 is 22.5 Å². The Morgan fingerprint density at radius 2 is 1.97 bits per heavy atom. The third-order valence-corrected chi connectivity index (χ3v) is 8.82. The number of carbonyl (C=O) groups is 1. The molecule has 5 heteroatoms. The molecule has 180 valence electrons. The van der Waals surface area contributed by atoms with Gasteiger partial charge in [0, 0.05) is 29.7 Å². The first-order chi connectivity index (χ1) is 15.5. The average molecular weight is 452 g/mol. The number of aliphatic hydroxyl groups excluding tert-OH is 1. The van der Waals surface area contributed by atoms with E-state index in [1.54, 1.807) is 0 Å². The molecule has 1 aromatic heterocycles. The van der Waals surface area contributed by atoms with E-state index >= 15 is 0 Å². The van der Waals surface area contributed by atoms with E-state index in [2.05, 4.69) is 81.7 Å². The van der Waals surface area contributed by atoms with Gasteiger partial charge in [-0.2, -0.15) is 0 Å². The van der Waals surface area contributed by atoms with Crippen molar-refractivity contribution in [3.8, 4) is 0 Å². The van der Waals surface area contributed by atoms with Crippen molar-refractivity contribution in [3.05, 3.63) is 41.6 Å². The number of fused-ring (bicyclic) bond motifs is 2. The number of aromatic nitrogens is 1. The third-order valence-electron chi connectivity index (χ3n) is 8.82. The molecule has 1 amide bonds. The minimum absolute atomic E-state index is 0.0193. The summed E-state index contributed by atoms with van der Waals surface area (Å²) in [5.41, 5.74) is 6.04. The van der Waals surface area contributed by atoms with E-state index in [0.717, 1.165) is 29.6 Å². The van der Waals surface area contributed by atoms with Crippen LogP contribution in [0.5, 0.6) is 0 Å². The molecular weight excluding hydrogens is 410 g/mol. The van der Waals surface area contributed by atoms with Crippen LogP contribution in [0.1, 0.15) is 71.1 Å². The highest BCUT2D eigenvalue weighted by atomic mass is 16.3. The molecule has 1 aliphatic heterocycles. The van der Waals surface area contributed by atoms with E-state index in [-0.39, 0.29) is 41.3 Å². The molecule has 0 unspecified atom stereocenters. The summed E-state index contributed by atoms with van der Waals surface area (Å²) >= 11 is 0. The second-order valence-corrected chi connectivity index (χ2v) is 11.5. The van der Waals surface area contributed by atoms with Crippen LogP contribution in [0.25, 0.3) is 10.9 Å². The Labute approximate surface area is 198 Å². The standard InChI is InChI=1S/C28H41N3O2/c1-9-27(6)10-11-28(7,17(4)5)20-13-21-22-18(14-29-24(22)23(20)27)12-19(15-32)30-26(33)25(16(2)3)31(21)8/h9,13-14,16-17,19,25,29,32H,1,10-12,15H2,2-8H3,(H,30,33)/t19-,25-,27+,28+/m0/s1. The van der Waals surface area contributed by atoms with E-state index in [0.29, 0.717) is 12.3 Å². The van der Waals surface area contributed by atoms with E-state index in [1.165, 1.54) is 16.5 Å². The Hall–Kier alpha value is -2.27. The molecule has 2 aromatic rings. The van der Waals surface area contributed by atoms with Crippen LogP contribution in [-0.2, 0) is 22.0 Å². The van der Waals surface area contributed by atoms with E-state index in [1.807, 2.05) is 7.05 Å². The minimum Gasteiger partial charge on any atom is -0.394 e. The van der Waals surface area contributed by atoms with Gasteiger partial charge in [0.25, 0.3) is 0 Å². The van der Waals surface area contributed by atoms with Crippen LogP contribution in [0, 0.1) is 11.8 Å². The van der Waals surface area contributed by atoms with Crippen molar-refractivity contribution in [2.45, 2.75) is 83.7 Å². The van der Waals surface area contributed by atoms with E-state index in [9.17, 15) is 9.90 Å². The summed E-state index contributed by atoms with van der Waals surface area (Å²) in [6.07, 6.45) is 6.95. The number of anilines is 1. The lowest BCUT2D eigenvalue weighted by Crippen LogP contribution is -2.52. The molecule has 0 radical (unpaired) electrons. The molecule has 1 aromatic carbocycles. The van der Waals surface area contributed by atoms with Gasteiger partial charge in [-0.25, -0.2) is 0 Å². The molecule has 4 atom stereocenters. The molecule has 0 fully saturated rings. The van der Waals surface area contributed by atoms with Crippen LogP contribution in [0.3, 0.4) is 0 Å². The summed E-state index contributed by atoms with van der Waals surface area (Å²) in [5, 5.41) is 14.3. The number of H-pyrrole nitrogens is 1. The van der Waals surface area contributed by atoms with Gasteiger partial charge >= 0.3 is 0 Å². The fourth-order valence-corrected chi connectivity index (χ4v) is 6.22. The molecule has 5 nitrogen and oxygen atoms in total. The first-order valence-corrected chi connectivity index (χ1v) is 12.4. The maximum absolute atomic E-state index is 13.3. The van der Waals surface area contributed by atoms with Gasteiger partial charge in [0.15, 0.2) is 0 Å². The number of likely N-dealkylation sites (N-methyl/N-ethyl adjacent to an activating group) is 1. The maximum atomic E-state index is 13.3. The number of aliphatic hydroxyl groups is 1. The summed E-state index contributed by atoms with van der Waals surface area (Å²) in [6, 6.07) is 1.75. The minimum atomic E-state index is -0.319. The summed E-state index contributed by atoms with van der Waals surface area (Å²) in [4.78, 5) is 19.1. The van der Waals surface area contributed by atoms with Crippen LogP contribution < -0.4 is 10.2 Å². The molecule has 2 aliphatic rings. The van der Waals surface area contributed by atoms with Crippen molar-refractivity contribution in [1.29, 1.82) is 0 Å². The Bertz CT molecular complexity index is 1080. The number of rotatable bonds is 4. The van der Waals surface area contributed by atoms with Gasteiger partial charge < -0.3 is 20.3 Å². The number of benzene rings is 1. The van der Waals surface area contributed by atoms with Gasteiger partial charge in [-0.3, -0.25) is 4.79 Å². The SMILES string of the molecule is C=C[C@]1(C)CC[C@](C)(C(C)C)c2cc3c4c(c[nH]c4c21)C[C@@H](CO)NC(=O)[C@H](C(C)C)N3C. The molecular formula is C28H41N3O2. The number of nitrogens with zero attached hydrogens (tertiary/aromatic N) is 1. The molecule has 4 rings (SSSR count). The maximum Gasteiger partial charge on any atom is 0.243 e. The van der Waals surface area contributed by atoms with Gasteiger partial charge in [-0.15, -0.1) is 6.58 Å². The zero-order valence-electron chi connectivity index (χ0n) is 21.4. The van der Waals surface area contributed by atoms with Crippen LogP contribution in [-0.4, -0.2) is 41.7 Å². The zero-order chi connectivity index (χ0) is 24.3. The molecule has 0 spiro atoms. The molecule has 33 heavy (non-hydrogen) atoms. The number of allylic oxidation sites excluding steroid dienone is 1. The molecule has 0 bridgehead atoms. The highest BCUT2D eigenvalue weighted by Gasteiger charge is 2.45. The lowest BCUT2D eigenvalue weighted by atomic mass is 9.57. The predicted octanol–water partition coefficient (Wildman–Crippen LogP) is 4.81. The topological polar surface area (TPSA) is 68.4 Å². The smallest absolute Gasteiger partial charge is 0.243 e.